The van der Waals surface area contributed by atoms with Gasteiger partial charge in [-0.1, -0.05) is 0 Å². The first-order chi connectivity index (χ1) is 7.50. The van der Waals surface area contributed by atoms with Crippen molar-refractivity contribution in [3.8, 4) is 0 Å². The topological polar surface area (TPSA) is 84.6 Å². The van der Waals surface area contributed by atoms with Crippen LogP contribution in [0.4, 0.5) is 11.4 Å². The number of nitro benzene ring substituents is 1. The average molecular weight is 221 g/mol. The molecule has 1 rings (SSSR count). The minimum Gasteiger partial charge on any atom is -0.293 e. The van der Waals surface area contributed by atoms with Gasteiger partial charge in [-0.05, 0) is 19.1 Å². The predicted molar refractivity (Wildman–Crippen MR) is 60.5 cm³/mol. The highest BCUT2D eigenvalue weighted by atomic mass is 16.6. The van der Waals surface area contributed by atoms with Crippen molar-refractivity contribution in [3.63, 3.8) is 0 Å². The molecule has 0 heterocycles. The molecule has 0 atom stereocenters. The van der Waals surface area contributed by atoms with Crippen molar-refractivity contribution >= 4 is 22.9 Å². The summed E-state index contributed by atoms with van der Waals surface area (Å²) in [5, 5.41) is 14.2. The van der Waals surface area contributed by atoms with Crippen LogP contribution in [0.25, 0.3) is 0 Å². The van der Waals surface area contributed by atoms with E-state index in [1.54, 1.807) is 6.92 Å². The van der Waals surface area contributed by atoms with Gasteiger partial charge in [-0.2, -0.15) is 5.10 Å². The van der Waals surface area contributed by atoms with Crippen LogP contribution < -0.4 is 5.43 Å². The maximum absolute atomic E-state index is 10.8. The number of carbonyl (C=O) groups is 1. The molecule has 0 aliphatic heterocycles. The van der Waals surface area contributed by atoms with Crippen LogP contribution in [-0.2, 0) is 4.79 Å². The van der Waals surface area contributed by atoms with E-state index in [2.05, 4.69) is 10.5 Å². The fourth-order valence-electron chi connectivity index (χ4n) is 0.885. The number of hydrogen-bond donors (Lipinski definition) is 1. The number of hydrogen-bond acceptors (Lipinski definition) is 5. The number of Topliss-reactive ketones (excluding diaryl/α,β-unsaturated/α-hetero) is 1. The highest BCUT2D eigenvalue weighted by molar-refractivity contribution is 6.38. The second-order valence-electron chi connectivity index (χ2n) is 3.17. The quantitative estimate of drug-likeness (QED) is 0.478. The average Bonchev–Trinajstić information content (AvgIpc) is 2.26. The fourth-order valence-corrected chi connectivity index (χ4v) is 0.885. The second-order valence-corrected chi connectivity index (χ2v) is 3.17. The fraction of sp³-hybridized carbons (Fsp3) is 0.200. The van der Waals surface area contributed by atoms with Crippen molar-refractivity contribution in [2.45, 2.75) is 13.8 Å². The zero-order valence-electron chi connectivity index (χ0n) is 8.93. The lowest BCUT2D eigenvalue weighted by Crippen LogP contribution is -2.07. The van der Waals surface area contributed by atoms with Gasteiger partial charge in [0.25, 0.3) is 5.69 Å². The Balaban J connectivity index is 2.73. The van der Waals surface area contributed by atoms with Gasteiger partial charge in [-0.15, -0.1) is 0 Å². The number of nitrogens with one attached hydrogen (secondary N) is 1. The molecule has 0 amide bonds. The largest absolute Gasteiger partial charge is 0.293 e. The molecule has 0 aromatic heterocycles. The van der Waals surface area contributed by atoms with Crippen LogP contribution in [0, 0.1) is 10.1 Å². The van der Waals surface area contributed by atoms with E-state index in [-0.39, 0.29) is 11.5 Å². The number of hydrazone groups is 1. The summed E-state index contributed by atoms with van der Waals surface area (Å²) in [6, 6.07) is 5.77. The van der Waals surface area contributed by atoms with E-state index in [1.165, 1.54) is 31.2 Å². The van der Waals surface area contributed by atoms with E-state index in [4.69, 9.17) is 0 Å². The molecule has 0 spiro atoms. The van der Waals surface area contributed by atoms with Gasteiger partial charge < -0.3 is 0 Å². The minimum absolute atomic E-state index is 0.0119. The molecule has 0 aliphatic rings. The molecule has 0 unspecified atom stereocenters. The van der Waals surface area contributed by atoms with Gasteiger partial charge in [0.1, 0.15) is 5.71 Å². The molecule has 0 bridgehead atoms. The smallest absolute Gasteiger partial charge is 0.269 e. The minimum atomic E-state index is -0.478. The number of carbonyl (C=O) groups excluding carboxylic acids is 1. The van der Waals surface area contributed by atoms with Crippen LogP contribution in [0.3, 0.4) is 0 Å². The lowest BCUT2D eigenvalue weighted by Gasteiger charge is -2.00. The third-order valence-electron chi connectivity index (χ3n) is 1.94. The summed E-state index contributed by atoms with van der Waals surface area (Å²) in [4.78, 5) is 20.8. The van der Waals surface area contributed by atoms with Crippen LogP contribution in [0.2, 0.25) is 0 Å². The molecular formula is C10H11N3O3. The van der Waals surface area contributed by atoms with Crippen molar-refractivity contribution in [2.75, 3.05) is 5.43 Å². The molecule has 0 saturated heterocycles. The van der Waals surface area contributed by atoms with Gasteiger partial charge >= 0.3 is 0 Å². The normalized spacial score (nSPS) is 11.0. The van der Waals surface area contributed by atoms with E-state index in [1.807, 2.05) is 0 Å². The Labute approximate surface area is 92.1 Å². The molecule has 16 heavy (non-hydrogen) atoms. The Morgan fingerprint density at radius 2 is 1.88 bits per heavy atom. The molecule has 0 radical (unpaired) electrons. The summed E-state index contributed by atoms with van der Waals surface area (Å²) in [6.07, 6.45) is 0. The number of nitro groups is 1. The maximum Gasteiger partial charge on any atom is 0.269 e. The Hall–Kier alpha value is -2.24. The summed E-state index contributed by atoms with van der Waals surface area (Å²) < 4.78 is 0. The van der Waals surface area contributed by atoms with Crippen LogP contribution in [-0.4, -0.2) is 16.4 Å². The molecule has 0 aliphatic carbocycles. The van der Waals surface area contributed by atoms with Crippen LogP contribution >= 0.6 is 0 Å². The highest BCUT2D eigenvalue weighted by Crippen LogP contribution is 2.15. The summed E-state index contributed by atoms with van der Waals surface area (Å²) in [5.74, 6) is -0.130. The summed E-state index contributed by atoms with van der Waals surface area (Å²) in [6.45, 7) is 3.00. The lowest BCUT2D eigenvalue weighted by molar-refractivity contribution is -0.384. The number of rotatable bonds is 4. The summed E-state index contributed by atoms with van der Waals surface area (Å²) >= 11 is 0. The molecule has 84 valence electrons. The summed E-state index contributed by atoms with van der Waals surface area (Å²) in [7, 11) is 0. The molecular weight excluding hydrogens is 210 g/mol. The molecule has 6 heteroatoms. The third kappa shape index (κ3) is 3.16. The Kier molecular flexibility index (Phi) is 3.71. The van der Waals surface area contributed by atoms with Crippen LogP contribution in [0.1, 0.15) is 13.8 Å². The summed E-state index contributed by atoms with van der Waals surface area (Å²) in [5.41, 5.74) is 3.58. The zero-order chi connectivity index (χ0) is 12.1. The van der Waals surface area contributed by atoms with Crippen LogP contribution in [0.15, 0.2) is 29.4 Å². The molecule has 0 saturated carbocycles. The highest BCUT2D eigenvalue weighted by Gasteiger charge is 2.03. The van der Waals surface area contributed by atoms with E-state index in [0.717, 1.165) is 0 Å². The molecule has 1 N–H and O–H groups in total. The maximum atomic E-state index is 10.8. The van der Waals surface area contributed by atoms with Gasteiger partial charge in [-0.3, -0.25) is 20.3 Å². The van der Waals surface area contributed by atoms with E-state index in [9.17, 15) is 14.9 Å². The van der Waals surface area contributed by atoms with Crippen molar-refractivity contribution in [3.05, 3.63) is 34.4 Å². The van der Waals surface area contributed by atoms with E-state index < -0.39 is 4.92 Å². The van der Waals surface area contributed by atoms with Crippen molar-refractivity contribution in [2.24, 2.45) is 5.10 Å². The second kappa shape index (κ2) is 5.01. The van der Waals surface area contributed by atoms with Gasteiger partial charge in [0.15, 0.2) is 5.78 Å². The zero-order valence-corrected chi connectivity index (χ0v) is 8.93. The molecule has 6 nitrogen and oxygen atoms in total. The van der Waals surface area contributed by atoms with Crippen molar-refractivity contribution in [1.82, 2.24) is 0 Å². The number of benzene rings is 1. The van der Waals surface area contributed by atoms with Gasteiger partial charge in [0.2, 0.25) is 0 Å². The molecule has 1 aromatic carbocycles. The van der Waals surface area contributed by atoms with E-state index in [0.29, 0.717) is 11.4 Å². The first-order valence-electron chi connectivity index (χ1n) is 4.56. The standard InChI is InChI=1S/C10H11N3O3/c1-7(8(2)14)11-12-9-3-5-10(6-4-9)13(15)16/h3-6,12H,1-2H3. The first-order valence-corrected chi connectivity index (χ1v) is 4.56. The van der Waals surface area contributed by atoms with E-state index >= 15 is 0 Å². The Bertz CT molecular complexity index is 437. The number of anilines is 1. The number of ketones is 1. The SMILES string of the molecule is CC(=O)C(C)=NNc1ccc([N+](=O)[O-])cc1. The molecule has 0 fully saturated rings. The van der Waals surface area contributed by atoms with Crippen molar-refractivity contribution in [1.29, 1.82) is 0 Å². The van der Waals surface area contributed by atoms with Gasteiger partial charge in [-0.25, -0.2) is 0 Å². The predicted octanol–water partition coefficient (Wildman–Crippen LogP) is 1.97. The Morgan fingerprint density at radius 3 is 2.31 bits per heavy atom. The third-order valence-corrected chi connectivity index (χ3v) is 1.94. The number of non-ortho nitro benzene ring substituents is 1. The molecule has 1 aromatic rings. The Morgan fingerprint density at radius 1 is 1.31 bits per heavy atom. The first kappa shape index (κ1) is 11.8. The monoisotopic (exact) mass is 221 g/mol. The lowest BCUT2D eigenvalue weighted by atomic mass is 10.3. The van der Waals surface area contributed by atoms with Gasteiger partial charge in [0, 0.05) is 19.1 Å². The van der Waals surface area contributed by atoms with Crippen LogP contribution in [0.5, 0.6) is 0 Å². The van der Waals surface area contributed by atoms with Crippen molar-refractivity contribution < 1.29 is 9.72 Å². The number of nitrogens with zero attached hydrogens (tertiary/aromatic N) is 2. The van der Waals surface area contributed by atoms with Gasteiger partial charge in [0.05, 0.1) is 10.6 Å².